The molecule has 0 aliphatic rings. The Morgan fingerprint density at radius 1 is 0.714 bits per heavy atom. The molecule has 0 bridgehead atoms. The Kier molecular flexibility index (Phi) is 18.5. The van der Waals surface area contributed by atoms with Crippen LogP contribution in [0.25, 0.3) is 0 Å². The van der Waals surface area contributed by atoms with Crippen molar-refractivity contribution in [2.75, 3.05) is 6.61 Å². The lowest BCUT2D eigenvalue weighted by Gasteiger charge is -2.22. The third-order valence-corrected chi connectivity index (χ3v) is 5.34. The number of hydrogen-bond acceptors (Lipinski definition) is 4. The lowest BCUT2D eigenvalue weighted by atomic mass is 9.97. The maximum atomic E-state index is 12.0. The molecule has 0 amide bonds. The van der Waals surface area contributed by atoms with E-state index < -0.39 is 0 Å². The minimum atomic E-state index is -0.0537. The fourth-order valence-corrected chi connectivity index (χ4v) is 3.50. The van der Waals surface area contributed by atoms with Gasteiger partial charge in [-0.1, -0.05) is 79.1 Å². The molecule has 0 aromatic rings. The predicted molar refractivity (Wildman–Crippen MR) is 116 cm³/mol. The number of ether oxygens (including phenoxy) is 2. The van der Waals surface area contributed by atoms with Crippen molar-refractivity contribution in [1.82, 2.24) is 0 Å². The van der Waals surface area contributed by atoms with Crippen molar-refractivity contribution in [3.63, 3.8) is 0 Å². The molecule has 0 radical (unpaired) electrons. The van der Waals surface area contributed by atoms with Crippen LogP contribution in [0.4, 0.5) is 0 Å². The average molecular weight is 399 g/mol. The molecule has 0 spiro atoms. The minimum absolute atomic E-state index is 0.0449. The molecule has 0 aliphatic heterocycles. The zero-order valence-electron chi connectivity index (χ0n) is 19.1. The summed E-state index contributed by atoms with van der Waals surface area (Å²) < 4.78 is 10.9. The van der Waals surface area contributed by atoms with E-state index in [1.165, 1.54) is 12.8 Å². The van der Waals surface area contributed by atoms with Gasteiger partial charge in [0.05, 0.1) is 6.61 Å². The molecule has 2 unspecified atom stereocenters. The predicted octanol–water partition coefficient (Wildman–Crippen LogP) is 6.99. The molecule has 0 N–H and O–H groups in total. The molecule has 0 aromatic carbocycles. The molecule has 0 aromatic heterocycles. The molecule has 4 heteroatoms. The standard InChI is InChI=1S/C24H46O4/c1-5-8-9-16-20-27-23(25)18-14-12-10-11-13-15-19-24(26)28-22(7-3)21(4)17-6-2/h21-22H,5-20H2,1-4H3. The highest BCUT2D eigenvalue weighted by Gasteiger charge is 2.18. The largest absolute Gasteiger partial charge is 0.466 e. The van der Waals surface area contributed by atoms with Gasteiger partial charge in [0.25, 0.3) is 0 Å². The van der Waals surface area contributed by atoms with E-state index in [4.69, 9.17) is 9.47 Å². The van der Waals surface area contributed by atoms with E-state index in [0.717, 1.165) is 70.6 Å². The molecule has 4 nitrogen and oxygen atoms in total. The summed E-state index contributed by atoms with van der Waals surface area (Å²) in [6, 6.07) is 0. The van der Waals surface area contributed by atoms with E-state index in [0.29, 0.717) is 25.4 Å². The van der Waals surface area contributed by atoms with Crippen LogP contribution in [-0.4, -0.2) is 24.6 Å². The first-order valence-corrected chi connectivity index (χ1v) is 11.9. The van der Waals surface area contributed by atoms with Gasteiger partial charge in [-0.05, 0) is 38.0 Å². The SMILES string of the molecule is CCCCCCOC(=O)CCCCCCCCC(=O)OC(CC)C(C)CCC. The van der Waals surface area contributed by atoms with Gasteiger partial charge in [-0.2, -0.15) is 0 Å². The third-order valence-electron chi connectivity index (χ3n) is 5.34. The summed E-state index contributed by atoms with van der Waals surface area (Å²) in [7, 11) is 0. The van der Waals surface area contributed by atoms with Gasteiger partial charge in [-0.15, -0.1) is 0 Å². The van der Waals surface area contributed by atoms with Gasteiger partial charge in [-0.3, -0.25) is 9.59 Å². The summed E-state index contributed by atoms with van der Waals surface area (Å²) in [5, 5.41) is 0. The van der Waals surface area contributed by atoms with E-state index in [9.17, 15) is 9.59 Å². The monoisotopic (exact) mass is 398 g/mol. The molecule has 0 fully saturated rings. The first-order chi connectivity index (χ1) is 13.5. The number of unbranched alkanes of at least 4 members (excludes halogenated alkanes) is 8. The second-order valence-corrected chi connectivity index (χ2v) is 8.10. The first-order valence-electron chi connectivity index (χ1n) is 11.9. The van der Waals surface area contributed by atoms with E-state index in [1.807, 2.05) is 0 Å². The van der Waals surface area contributed by atoms with Crippen LogP contribution in [0.3, 0.4) is 0 Å². The van der Waals surface area contributed by atoms with Crippen molar-refractivity contribution in [3.05, 3.63) is 0 Å². The number of carbonyl (C=O) groups is 2. The molecule has 0 heterocycles. The summed E-state index contributed by atoms with van der Waals surface area (Å²) in [6.07, 6.45) is 15.0. The van der Waals surface area contributed by atoms with Crippen LogP contribution >= 0.6 is 0 Å². The highest BCUT2D eigenvalue weighted by Crippen LogP contribution is 2.18. The minimum Gasteiger partial charge on any atom is -0.466 e. The van der Waals surface area contributed by atoms with Crippen LogP contribution in [0.1, 0.15) is 124 Å². The molecular formula is C24H46O4. The van der Waals surface area contributed by atoms with Gasteiger partial charge in [0.1, 0.15) is 6.10 Å². The molecule has 0 saturated heterocycles. The Morgan fingerprint density at radius 3 is 1.86 bits per heavy atom. The molecule has 0 aliphatic carbocycles. The summed E-state index contributed by atoms with van der Waals surface area (Å²) >= 11 is 0. The molecule has 2 atom stereocenters. The van der Waals surface area contributed by atoms with Crippen LogP contribution in [0.15, 0.2) is 0 Å². The van der Waals surface area contributed by atoms with Crippen LogP contribution in [0.2, 0.25) is 0 Å². The van der Waals surface area contributed by atoms with Gasteiger partial charge < -0.3 is 9.47 Å². The lowest BCUT2D eigenvalue weighted by molar-refractivity contribution is -0.152. The van der Waals surface area contributed by atoms with Crippen LogP contribution in [-0.2, 0) is 19.1 Å². The maximum absolute atomic E-state index is 12.0. The highest BCUT2D eigenvalue weighted by atomic mass is 16.5. The smallest absolute Gasteiger partial charge is 0.306 e. The fourth-order valence-electron chi connectivity index (χ4n) is 3.50. The molecule has 0 saturated carbocycles. The highest BCUT2D eigenvalue weighted by molar-refractivity contribution is 5.69. The summed E-state index contributed by atoms with van der Waals surface area (Å²) in [6.45, 7) is 9.18. The normalized spacial score (nSPS) is 13.1. The summed E-state index contributed by atoms with van der Waals surface area (Å²) in [4.78, 5) is 23.6. The van der Waals surface area contributed by atoms with Crippen molar-refractivity contribution in [2.45, 2.75) is 130 Å². The molecule has 0 rings (SSSR count). The number of esters is 2. The second kappa shape index (κ2) is 19.3. The number of carbonyl (C=O) groups excluding carboxylic acids is 2. The zero-order valence-corrected chi connectivity index (χ0v) is 19.1. The van der Waals surface area contributed by atoms with E-state index >= 15 is 0 Å². The Labute approximate surface area is 174 Å². The maximum Gasteiger partial charge on any atom is 0.306 e. The van der Waals surface area contributed by atoms with Crippen LogP contribution in [0.5, 0.6) is 0 Å². The molecule has 166 valence electrons. The number of hydrogen-bond donors (Lipinski definition) is 0. The van der Waals surface area contributed by atoms with E-state index in [1.54, 1.807) is 0 Å². The average Bonchev–Trinajstić information content (AvgIpc) is 2.68. The van der Waals surface area contributed by atoms with E-state index in [2.05, 4.69) is 27.7 Å². The van der Waals surface area contributed by atoms with Gasteiger partial charge in [0.15, 0.2) is 0 Å². The Morgan fingerprint density at radius 2 is 1.29 bits per heavy atom. The van der Waals surface area contributed by atoms with E-state index in [-0.39, 0.29) is 18.0 Å². The zero-order chi connectivity index (χ0) is 21.0. The van der Waals surface area contributed by atoms with Crippen LogP contribution in [0, 0.1) is 5.92 Å². The van der Waals surface area contributed by atoms with Crippen molar-refractivity contribution in [3.8, 4) is 0 Å². The molecular weight excluding hydrogens is 352 g/mol. The van der Waals surface area contributed by atoms with Gasteiger partial charge in [0, 0.05) is 12.8 Å². The molecule has 28 heavy (non-hydrogen) atoms. The van der Waals surface area contributed by atoms with Crippen LogP contribution < -0.4 is 0 Å². The van der Waals surface area contributed by atoms with Gasteiger partial charge in [0.2, 0.25) is 0 Å². The fraction of sp³-hybridized carbons (Fsp3) is 0.917. The Bertz CT molecular complexity index is 381. The van der Waals surface area contributed by atoms with Gasteiger partial charge in [-0.25, -0.2) is 0 Å². The van der Waals surface area contributed by atoms with Crippen molar-refractivity contribution >= 4 is 11.9 Å². The van der Waals surface area contributed by atoms with Crippen molar-refractivity contribution < 1.29 is 19.1 Å². The third kappa shape index (κ3) is 15.9. The lowest BCUT2D eigenvalue weighted by Crippen LogP contribution is -2.24. The van der Waals surface area contributed by atoms with Gasteiger partial charge >= 0.3 is 11.9 Å². The Balaban J connectivity index is 3.53. The second-order valence-electron chi connectivity index (χ2n) is 8.10. The summed E-state index contributed by atoms with van der Waals surface area (Å²) in [5.74, 6) is 0.348. The quantitative estimate of drug-likeness (QED) is 0.174. The van der Waals surface area contributed by atoms with Crippen molar-refractivity contribution in [1.29, 1.82) is 0 Å². The number of rotatable bonds is 19. The van der Waals surface area contributed by atoms with Crippen molar-refractivity contribution in [2.24, 2.45) is 5.92 Å². The first kappa shape index (κ1) is 26.9. The summed E-state index contributed by atoms with van der Waals surface area (Å²) in [5.41, 5.74) is 0. The Hall–Kier alpha value is -1.06. The topological polar surface area (TPSA) is 52.6 Å².